The van der Waals surface area contributed by atoms with Crippen molar-refractivity contribution in [1.29, 1.82) is 0 Å². The first-order valence-corrected chi connectivity index (χ1v) is 11.4. The Balaban J connectivity index is 1.85. The molecule has 3 aromatic rings. The second-order valence-corrected chi connectivity index (χ2v) is 7.97. The molecule has 1 aliphatic rings. The van der Waals surface area contributed by atoms with Gasteiger partial charge in [0.15, 0.2) is 11.5 Å². The van der Waals surface area contributed by atoms with Gasteiger partial charge >= 0.3 is 0 Å². The molecule has 1 atom stereocenters. The van der Waals surface area contributed by atoms with Gasteiger partial charge in [-0.2, -0.15) is 0 Å². The molecule has 1 unspecified atom stereocenters. The van der Waals surface area contributed by atoms with Gasteiger partial charge < -0.3 is 28.6 Å². The summed E-state index contributed by atoms with van der Waals surface area (Å²) in [7, 11) is 1.54. The number of hydrogen-bond donors (Lipinski definition) is 1. The lowest BCUT2D eigenvalue weighted by atomic mass is 9.95. The van der Waals surface area contributed by atoms with E-state index in [0.29, 0.717) is 40.7 Å². The average Bonchev–Trinajstić information content (AvgIpc) is 3.50. The van der Waals surface area contributed by atoms with Crippen molar-refractivity contribution in [1.82, 2.24) is 4.90 Å². The molecule has 0 aliphatic carbocycles. The first-order valence-electron chi connectivity index (χ1n) is 11.4. The van der Waals surface area contributed by atoms with Gasteiger partial charge in [-0.05, 0) is 61.0 Å². The number of methoxy groups -OCH3 is 1. The number of carbonyl (C=O) groups is 2. The van der Waals surface area contributed by atoms with Crippen LogP contribution in [0.25, 0.3) is 5.76 Å². The van der Waals surface area contributed by atoms with Gasteiger partial charge in [-0.3, -0.25) is 9.59 Å². The van der Waals surface area contributed by atoms with Crippen LogP contribution in [0.3, 0.4) is 0 Å². The summed E-state index contributed by atoms with van der Waals surface area (Å²) < 4.78 is 22.1. The Morgan fingerprint density at radius 1 is 1.11 bits per heavy atom. The molecule has 1 aromatic heterocycles. The summed E-state index contributed by atoms with van der Waals surface area (Å²) in [5.74, 6) is 0.234. The van der Waals surface area contributed by atoms with Crippen LogP contribution in [0.5, 0.6) is 17.2 Å². The number of rotatable bonds is 10. The molecule has 8 heteroatoms. The number of benzene rings is 2. The van der Waals surface area contributed by atoms with Crippen molar-refractivity contribution < 1.29 is 33.3 Å². The lowest BCUT2D eigenvalue weighted by Gasteiger charge is -2.25. The van der Waals surface area contributed by atoms with Crippen molar-refractivity contribution in [2.45, 2.75) is 19.5 Å². The Hall–Kier alpha value is -4.46. The molecule has 8 nitrogen and oxygen atoms in total. The van der Waals surface area contributed by atoms with Gasteiger partial charge in [-0.1, -0.05) is 18.7 Å². The van der Waals surface area contributed by atoms with E-state index in [0.717, 1.165) is 0 Å². The molecule has 2 heterocycles. The van der Waals surface area contributed by atoms with E-state index >= 15 is 0 Å². The Kier molecular flexibility index (Phi) is 7.44. The molecule has 0 radical (unpaired) electrons. The highest BCUT2D eigenvalue weighted by Crippen LogP contribution is 2.43. The topological polar surface area (TPSA) is 98.4 Å². The summed E-state index contributed by atoms with van der Waals surface area (Å²) in [4.78, 5) is 27.8. The molecule has 1 aliphatic heterocycles. The second-order valence-electron chi connectivity index (χ2n) is 7.97. The lowest BCUT2D eigenvalue weighted by Crippen LogP contribution is -2.29. The zero-order valence-corrected chi connectivity index (χ0v) is 20.1. The number of nitrogens with zero attached hydrogens (tertiary/aromatic N) is 1. The predicted molar refractivity (Wildman–Crippen MR) is 133 cm³/mol. The van der Waals surface area contributed by atoms with Gasteiger partial charge in [0.2, 0.25) is 0 Å². The molecule has 4 rings (SSSR count). The SMILES string of the molecule is C=CCOc1ccc(C2C(=C(O)c3ccc(OC)cc3)C(=O)C(=O)N2Cc2ccco2)cc1OCC. The molecule has 1 amide bonds. The van der Waals surface area contributed by atoms with Gasteiger partial charge in [0.05, 0.1) is 38.1 Å². The molecule has 1 N–H and O–H groups in total. The number of hydrogen-bond acceptors (Lipinski definition) is 7. The molecule has 0 spiro atoms. The normalized spacial score (nSPS) is 16.7. The minimum atomic E-state index is -0.884. The number of furan rings is 1. The maximum Gasteiger partial charge on any atom is 0.296 e. The largest absolute Gasteiger partial charge is 0.507 e. The van der Waals surface area contributed by atoms with Crippen LogP contribution < -0.4 is 14.2 Å². The van der Waals surface area contributed by atoms with E-state index < -0.39 is 17.7 Å². The van der Waals surface area contributed by atoms with E-state index in [4.69, 9.17) is 18.6 Å². The number of ether oxygens (including phenoxy) is 3. The minimum Gasteiger partial charge on any atom is -0.507 e. The van der Waals surface area contributed by atoms with Crippen LogP contribution in [-0.4, -0.2) is 42.0 Å². The van der Waals surface area contributed by atoms with Crippen LogP contribution in [0.15, 0.2) is 83.5 Å². The molecule has 2 aromatic carbocycles. The Morgan fingerprint density at radius 3 is 2.53 bits per heavy atom. The standard InChI is InChI=1S/C28H27NO7/c1-4-14-36-22-13-10-19(16-23(22)34-5-2)25-24(26(30)18-8-11-20(33-3)12-9-18)27(31)28(32)29(25)17-21-7-6-15-35-21/h4,6-13,15-16,25,30H,1,5,14,17H2,2-3H3. The fourth-order valence-electron chi connectivity index (χ4n) is 4.10. The minimum absolute atomic E-state index is 0.0288. The predicted octanol–water partition coefficient (Wildman–Crippen LogP) is 4.87. The van der Waals surface area contributed by atoms with E-state index in [1.807, 2.05) is 6.92 Å². The summed E-state index contributed by atoms with van der Waals surface area (Å²) in [6.07, 6.45) is 3.12. The number of likely N-dealkylation sites (tertiary alicyclic amines) is 1. The van der Waals surface area contributed by atoms with Crippen LogP contribution in [0.4, 0.5) is 0 Å². The van der Waals surface area contributed by atoms with E-state index in [-0.39, 0.29) is 24.5 Å². The maximum atomic E-state index is 13.3. The van der Waals surface area contributed by atoms with Gasteiger partial charge in [0, 0.05) is 5.56 Å². The zero-order valence-electron chi connectivity index (χ0n) is 20.1. The summed E-state index contributed by atoms with van der Waals surface area (Å²) in [6.45, 7) is 6.22. The van der Waals surface area contributed by atoms with E-state index in [1.54, 1.807) is 60.7 Å². The van der Waals surface area contributed by atoms with Crippen LogP contribution in [0, 0.1) is 0 Å². The number of ketones is 1. The van der Waals surface area contributed by atoms with E-state index in [1.165, 1.54) is 18.3 Å². The van der Waals surface area contributed by atoms with Crippen molar-refractivity contribution in [3.63, 3.8) is 0 Å². The smallest absolute Gasteiger partial charge is 0.296 e. The number of Topliss-reactive ketones (excluding diaryl/α,β-unsaturated/α-hetero) is 1. The molecule has 1 saturated heterocycles. The average molecular weight is 490 g/mol. The first-order chi connectivity index (χ1) is 17.5. The third-order valence-electron chi connectivity index (χ3n) is 5.75. The van der Waals surface area contributed by atoms with Gasteiger partial charge in [0.1, 0.15) is 23.9 Å². The fourth-order valence-corrected chi connectivity index (χ4v) is 4.10. The van der Waals surface area contributed by atoms with Crippen LogP contribution in [0.2, 0.25) is 0 Å². The summed E-state index contributed by atoms with van der Waals surface area (Å²) in [5.41, 5.74) is 0.928. The summed E-state index contributed by atoms with van der Waals surface area (Å²) in [6, 6.07) is 14.3. The molecule has 0 bridgehead atoms. The van der Waals surface area contributed by atoms with E-state index in [2.05, 4.69) is 6.58 Å². The number of aliphatic hydroxyl groups is 1. The highest BCUT2D eigenvalue weighted by atomic mass is 16.5. The fraction of sp³-hybridized carbons (Fsp3) is 0.214. The highest BCUT2D eigenvalue weighted by Gasteiger charge is 2.46. The Morgan fingerprint density at radius 2 is 1.89 bits per heavy atom. The monoisotopic (exact) mass is 489 g/mol. The van der Waals surface area contributed by atoms with Gasteiger partial charge in [-0.25, -0.2) is 0 Å². The van der Waals surface area contributed by atoms with Gasteiger partial charge in [-0.15, -0.1) is 0 Å². The summed E-state index contributed by atoms with van der Waals surface area (Å²) in [5, 5.41) is 11.2. The third kappa shape index (κ3) is 4.84. The van der Waals surface area contributed by atoms with Crippen LogP contribution >= 0.6 is 0 Å². The van der Waals surface area contributed by atoms with Crippen molar-refractivity contribution in [2.75, 3.05) is 20.3 Å². The molecule has 186 valence electrons. The Bertz CT molecular complexity index is 1280. The zero-order chi connectivity index (χ0) is 25.7. The van der Waals surface area contributed by atoms with Crippen LogP contribution in [-0.2, 0) is 16.1 Å². The second kappa shape index (κ2) is 10.9. The van der Waals surface area contributed by atoms with Crippen molar-refractivity contribution in [3.05, 3.63) is 96.0 Å². The molecular formula is C28H27NO7. The van der Waals surface area contributed by atoms with Crippen molar-refractivity contribution in [3.8, 4) is 17.2 Å². The first kappa shape index (κ1) is 24.7. The van der Waals surface area contributed by atoms with Crippen molar-refractivity contribution >= 4 is 17.4 Å². The quantitative estimate of drug-likeness (QED) is 0.188. The Labute approximate surface area is 209 Å². The maximum absolute atomic E-state index is 13.3. The third-order valence-corrected chi connectivity index (χ3v) is 5.75. The molecule has 36 heavy (non-hydrogen) atoms. The highest BCUT2D eigenvalue weighted by molar-refractivity contribution is 6.46. The molecular weight excluding hydrogens is 462 g/mol. The number of amides is 1. The molecule has 1 fully saturated rings. The number of carbonyl (C=O) groups excluding carboxylic acids is 2. The van der Waals surface area contributed by atoms with E-state index in [9.17, 15) is 14.7 Å². The van der Waals surface area contributed by atoms with Crippen LogP contribution in [0.1, 0.15) is 29.9 Å². The van der Waals surface area contributed by atoms with Crippen molar-refractivity contribution in [2.24, 2.45) is 0 Å². The lowest BCUT2D eigenvalue weighted by molar-refractivity contribution is -0.140. The molecule has 0 saturated carbocycles. The summed E-state index contributed by atoms with van der Waals surface area (Å²) >= 11 is 0. The number of aliphatic hydroxyl groups excluding tert-OH is 1. The van der Waals surface area contributed by atoms with Gasteiger partial charge in [0.25, 0.3) is 11.7 Å².